The smallest absolute Gasteiger partial charge is 0.263 e. The Morgan fingerprint density at radius 1 is 1.29 bits per heavy atom. The molecule has 0 unspecified atom stereocenters. The van der Waals surface area contributed by atoms with Gasteiger partial charge in [0, 0.05) is 18.4 Å². The van der Waals surface area contributed by atoms with Crippen LogP contribution in [-0.4, -0.2) is 24.9 Å². The summed E-state index contributed by atoms with van der Waals surface area (Å²) in [6.07, 6.45) is 2.21. The molecule has 0 saturated heterocycles. The molecule has 0 saturated carbocycles. The standard InChI is InChI=1S/C12H13N5O2S.ClH/c13-12-15-6-4-11(16-12)17-20(18,19)9-1-2-10-8(7-9)3-5-14-10;/h1-2,4,6-7,14H,3,5H2,(H3,13,15,16,17);1H. The van der Waals surface area contributed by atoms with Gasteiger partial charge in [-0.15, -0.1) is 12.4 Å². The third kappa shape index (κ3) is 3.17. The molecule has 4 N–H and O–H groups in total. The average Bonchev–Trinajstić information content (AvgIpc) is 2.85. The van der Waals surface area contributed by atoms with Crippen molar-refractivity contribution >= 4 is 39.9 Å². The minimum atomic E-state index is -3.68. The summed E-state index contributed by atoms with van der Waals surface area (Å²) in [4.78, 5) is 7.74. The van der Waals surface area contributed by atoms with Crippen LogP contribution in [0.1, 0.15) is 5.56 Å². The van der Waals surface area contributed by atoms with E-state index in [0.717, 1.165) is 24.2 Å². The number of benzene rings is 1. The Kier molecular flexibility index (Phi) is 4.19. The monoisotopic (exact) mass is 327 g/mol. The van der Waals surface area contributed by atoms with E-state index in [4.69, 9.17) is 5.73 Å². The highest BCUT2D eigenvalue weighted by Crippen LogP contribution is 2.25. The van der Waals surface area contributed by atoms with Gasteiger partial charge >= 0.3 is 0 Å². The average molecular weight is 328 g/mol. The number of nitrogen functional groups attached to an aromatic ring is 1. The molecule has 21 heavy (non-hydrogen) atoms. The summed E-state index contributed by atoms with van der Waals surface area (Å²) in [6, 6.07) is 6.44. The number of fused-ring (bicyclic) bond motifs is 1. The molecule has 1 aliphatic heterocycles. The van der Waals surface area contributed by atoms with Crippen LogP contribution in [0.5, 0.6) is 0 Å². The van der Waals surface area contributed by atoms with Gasteiger partial charge in [0.2, 0.25) is 5.95 Å². The maximum Gasteiger partial charge on any atom is 0.263 e. The van der Waals surface area contributed by atoms with E-state index in [1.54, 1.807) is 18.2 Å². The zero-order valence-corrected chi connectivity index (χ0v) is 12.5. The molecule has 112 valence electrons. The first kappa shape index (κ1) is 15.3. The zero-order valence-electron chi connectivity index (χ0n) is 10.9. The van der Waals surface area contributed by atoms with Crippen LogP contribution in [0.4, 0.5) is 17.5 Å². The van der Waals surface area contributed by atoms with Crippen molar-refractivity contribution in [3.05, 3.63) is 36.0 Å². The number of nitrogens with two attached hydrogens (primary N) is 1. The summed E-state index contributed by atoms with van der Waals surface area (Å²) in [5.41, 5.74) is 7.40. The summed E-state index contributed by atoms with van der Waals surface area (Å²) in [5.74, 6) is 0.166. The summed E-state index contributed by atoms with van der Waals surface area (Å²) < 4.78 is 26.9. The van der Waals surface area contributed by atoms with Gasteiger partial charge in [-0.3, -0.25) is 4.72 Å². The SMILES string of the molecule is Cl.Nc1nccc(NS(=O)(=O)c2ccc3c(c2)CCN3)n1. The highest BCUT2D eigenvalue weighted by molar-refractivity contribution is 7.92. The number of sulfonamides is 1. The minimum Gasteiger partial charge on any atom is -0.384 e. The number of aromatic nitrogens is 2. The first-order valence-electron chi connectivity index (χ1n) is 6.03. The Bertz CT molecular complexity index is 766. The van der Waals surface area contributed by atoms with Crippen molar-refractivity contribution in [3.8, 4) is 0 Å². The Morgan fingerprint density at radius 3 is 2.86 bits per heavy atom. The van der Waals surface area contributed by atoms with Gasteiger partial charge in [-0.2, -0.15) is 4.98 Å². The Balaban J connectivity index is 0.00000161. The van der Waals surface area contributed by atoms with E-state index in [2.05, 4.69) is 20.0 Å². The van der Waals surface area contributed by atoms with E-state index in [-0.39, 0.29) is 29.1 Å². The maximum absolute atomic E-state index is 12.3. The molecule has 7 nitrogen and oxygen atoms in total. The topological polar surface area (TPSA) is 110 Å². The third-order valence-electron chi connectivity index (χ3n) is 3.01. The lowest BCUT2D eigenvalue weighted by Gasteiger charge is -2.08. The van der Waals surface area contributed by atoms with Gasteiger partial charge in [-0.1, -0.05) is 0 Å². The van der Waals surface area contributed by atoms with Crippen molar-refractivity contribution in [2.45, 2.75) is 11.3 Å². The van der Waals surface area contributed by atoms with Crippen LogP contribution in [-0.2, 0) is 16.4 Å². The first-order chi connectivity index (χ1) is 9.54. The van der Waals surface area contributed by atoms with Gasteiger partial charge in [0.15, 0.2) is 0 Å². The number of nitrogens with one attached hydrogen (secondary N) is 2. The second-order valence-corrected chi connectivity index (χ2v) is 6.08. The molecule has 2 aromatic rings. The molecule has 1 aromatic carbocycles. The van der Waals surface area contributed by atoms with E-state index in [0.29, 0.717) is 0 Å². The summed E-state index contributed by atoms with van der Waals surface area (Å²) in [6.45, 7) is 0.828. The normalized spacial score (nSPS) is 13.0. The van der Waals surface area contributed by atoms with Crippen LogP contribution in [0, 0.1) is 0 Å². The van der Waals surface area contributed by atoms with E-state index >= 15 is 0 Å². The lowest BCUT2D eigenvalue weighted by molar-refractivity contribution is 0.601. The molecule has 0 aliphatic carbocycles. The van der Waals surface area contributed by atoms with Gasteiger partial charge in [0.25, 0.3) is 10.0 Å². The van der Waals surface area contributed by atoms with E-state index in [1.165, 1.54) is 12.3 Å². The van der Waals surface area contributed by atoms with Gasteiger partial charge in [-0.05, 0) is 36.2 Å². The molecule has 0 radical (unpaired) electrons. The van der Waals surface area contributed by atoms with Crippen LogP contribution in [0.3, 0.4) is 0 Å². The number of hydrogen-bond donors (Lipinski definition) is 3. The highest BCUT2D eigenvalue weighted by atomic mass is 35.5. The number of hydrogen-bond acceptors (Lipinski definition) is 6. The molecule has 9 heteroatoms. The number of halogens is 1. The predicted octanol–water partition coefficient (Wildman–Crippen LogP) is 1.25. The van der Waals surface area contributed by atoms with E-state index in [9.17, 15) is 8.42 Å². The molecular weight excluding hydrogens is 314 g/mol. The molecule has 0 spiro atoms. The molecule has 1 aliphatic rings. The maximum atomic E-state index is 12.3. The second-order valence-electron chi connectivity index (χ2n) is 4.40. The van der Waals surface area contributed by atoms with Crippen molar-refractivity contribution in [1.82, 2.24) is 9.97 Å². The molecule has 1 aromatic heterocycles. The molecule has 2 heterocycles. The van der Waals surface area contributed by atoms with Crippen molar-refractivity contribution in [1.29, 1.82) is 0 Å². The number of nitrogens with zero attached hydrogens (tertiary/aromatic N) is 2. The Morgan fingerprint density at radius 2 is 2.10 bits per heavy atom. The van der Waals surface area contributed by atoms with Crippen LogP contribution in [0.25, 0.3) is 0 Å². The molecule has 3 rings (SSSR count). The van der Waals surface area contributed by atoms with E-state index < -0.39 is 10.0 Å². The lowest BCUT2D eigenvalue weighted by atomic mass is 10.2. The molecular formula is C12H14ClN5O2S. The number of anilines is 3. The van der Waals surface area contributed by atoms with Gasteiger partial charge in [-0.25, -0.2) is 13.4 Å². The van der Waals surface area contributed by atoms with Gasteiger partial charge in [0.05, 0.1) is 4.90 Å². The van der Waals surface area contributed by atoms with E-state index in [1.807, 2.05) is 0 Å². The van der Waals surface area contributed by atoms with Crippen LogP contribution < -0.4 is 15.8 Å². The molecule has 0 bridgehead atoms. The fourth-order valence-corrected chi connectivity index (χ4v) is 3.13. The Hall–Kier alpha value is -2.06. The molecule has 0 atom stereocenters. The highest BCUT2D eigenvalue weighted by Gasteiger charge is 2.18. The predicted molar refractivity (Wildman–Crippen MR) is 83.1 cm³/mol. The second kappa shape index (κ2) is 5.74. The van der Waals surface area contributed by atoms with Crippen LogP contribution in [0.2, 0.25) is 0 Å². The lowest BCUT2D eigenvalue weighted by Crippen LogP contribution is -2.14. The van der Waals surface area contributed by atoms with Gasteiger partial charge in [0.1, 0.15) is 5.82 Å². The largest absolute Gasteiger partial charge is 0.384 e. The van der Waals surface area contributed by atoms with Crippen molar-refractivity contribution in [2.75, 3.05) is 22.3 Å². The molecule has 0 fully saturated rings. The van der Waals surface area contributed by atoms with Gasteiger partial charge < -0.3 is 11.1 Å². The molecule has 0 amide bonds. The fourth-order valence-electron chi connectivity index (χ4n) is 2.08. The number of rotatable bonds is 3. The summed E-state index contributed by atoms with van der Waals surface area (Å²) in [7, 11) is -3.68. The van der Waals surface area contributed by atoms with Crippen molar-refractivity contribution in [3.63, 3.8) is 0 Å². The minimum absolute atomic E-state index is 0. The summed E-state index contributed by atoms with van der Waals surface area (Å²) >= 11 is 0. The van der Waals surface area contributed by atoms with Crippen LogP contribution in [0.15, 0.2) is 35.4 Å². The third-order valence-corrected chi connectivity index (χ3v) is 4.36. The zero-order chi connectivity index (χ0) is 14.2. The fraction of sp³-hybridized carbons (Fsp3) is 0.167. The Labute approximate surface area is 128 Å². The first-order valence-corrected chi connectivity index (χ1v) is 7.51. The quantitative estimate of drug-likeness (QED) is 0.782. The van der Waals surface area contributed by atoms with Crippen molar-refractivity contribution in [2.24, 2.45) is 0 Å². The summed E-state index contributed by atoms with van der Waals surface area (Å²) in [5, 5.41) is 3.18. The van der Waals surface area contributed by atoms with Crippen LogP contribution >= 0.6 is 12.4 Å². The van der Waals surface area contributed by atoms with Crippen molar-refractivity contribution < 1.29 is 8.42 Å².